The number of hydrogen-bond acceptors (Lipinski definition) is 5. The lowest BCUT2D eigenvalue weighted by Crippen LogP contribution is -2.49. The summed E-state index contributed by atoms with van der Waals surface area (Å²) in [5.74, 6) is -0.542. The molecule has 2 rings (SSSR count). The number of nitrogens with one attached hydrogen (secondary N) is 2. The SMILES string of the molecule is C[C@@H](NC(=O)[C@@H](Cc1ccc(Cl)cc1)NC(=O)OC(C)(C)C)c1ccc(OCC(F)(F)F)cn1. The Morgan fingerprint density at radius 3 is 2.24 bits per heavy atom. The van der Waals surface area contributed by atoms with Crippen LogP contribution in [0.15, 0.2) is 42.6 Å². The van der Waals surface area contributed by atoms with Gasteiger partial charge < -0.3 is 20.1 Å². The Morgan fingerprint density at radius 1 is 1.06 bits per heavy atom. The van der Waals surface area contributed by atoms with Crippen molar-refractivity contribution in [3.8, 4) is 5.75 Å². The van der Waals surface area contributed by atoms with E-state index in [1.807, 2.05) is 0 Å². The molecule has 0 spiro atoms. The number of hydrogen-bond donors (Lipinski definition) is 2. The average molecular weight is 502 g/mol. The molecule has 0 aliphatic carbocycles. The number of alkyl halides is 3. The van der Waals surface area contributed by atoms with E-state index in [-0.39, 0.29) is 12.2 Å². The number of pyridine rings is 1. The van der Waals surface area contributed by atoms with Crippen molar-refractivity contribution in [2.75, 3.05) is 6.61 Å². The number of ether oxygens (including phenoxy) is 2. The highest BCUT2D eigenvalue weighted by molar-refractivity contribution is 6.30. The topological polar surface area (TPSA) is 89.6 Å². The first kappa shape index (κ1) is 27.2. The maximum absolute atomic E-state index is 13.0. The Labute approximate surface area is 201 Å². The third-order valence-electron chi connectivity index (χ3n) is 4.32. The second-order valence-corrected chi connectivity index (χ2v) is 9.02. The van der Waals surface area contributed by atoms with E-state index in [1.54, 1.807) is 52.0 Å². The van der Waals surface area contributed by atoms with Gasteiger partial charge >= 0.3 is 12.3 Å². The number of halogens is 4. The molecule has 2 atom stereocenters. The van der Waals surface area contributed by atoms with Gasteiger partial charge in [0.1, 0.15) is 17.4 Å². The third kappa shape index (κ3) is 9.86. The van der Waals surface area contributed by atoms with Crippen LogP contribution in [0.25, 0.3) is 0 Å². The van der Waals surface area contributed by atoms with Crippen LogP contribution in [-0.2, 0) is 16.0 Å². The van der Waals surface area contributed by atoms with Crippen molar-refractivity contribution in [3.05, 3.63) is 58.9 Å². The van der Waals surface area contributed by atoms with Crippen molar-refractivity contribution in [2.45, 2.75) is 58.0 Å². The smallest absolute Gasteiger partial charge is 0.422 e. The van der Waals surface area contributed by atoms with Gasteiger partial charge in [-0.05, 0) is 57.5 Å². The van der Waals surface area contributed by atoms with E-state index in [9.17, 15) is 22.8 Å². The van der Waals surface area contributed by atoms with E-state index in [2.05, 4.69) is 20.4 Å². The molecule has 0 bridgehead atoms. The van der Waals surface area contributed by atoms with E-state index >= 15 is 0 Å². The molecule has 1 heterocycles. The quantitative estimate of drug-likeness (QED) is 0.532. The Bertz CT molecular complexity index is 961. The van der Waals surface area contributed by atoms with Crippen LogP contribution in [-0.4, -0.2) is 41.4 Å². The largest absolute Gasteiger partial charge is 0.483 e. The maximum atomic E-state index is 13.0. The number of rotatable bonds is 8. The molecule has 186 valence electrons. The van der Waals surface area contributed by atoms with Crippen LogP contribution in [0.4, 0.5) is 18.0 Å². The Morgan fingerprint density at radius 2 is 1.71 bits per heavy atom. The van der Waals surface area contributed by atoms with Gasteiger partial charge in [-0.15, -0.1) is 0 Å². The second-order valence-electron chi connectivity index (χ2n) is 8.58. The summed E-state index contributed by atoms with van der Waals surface area (Å²) in [5, 5.41) is 5.87. The number of carbonyl (C=O) groups is 2. The van der Waals surface area contributed by atoms with Crippen LogP contribution in [0, 0.1) is 0 Å². The zero-order valence-corrected chi connectivity index (χ0v) is 20.0. The monoisotopic (exact) mass is 501 g/mol. The van der Waals surface area contributed by atoms with Crippen molar-refractivity contribution in [1.82, 2.24) is 15.6 Å². The summed E-state index contributed by atoms with van der Waals surface area (Å²) in [6.45, 7) is 5.34. The molecular formula is C23H27ClF3N3O4. The van der Waals surface area contributed by atoms with Crippen LogP contribution in [0.2, 0.25) is 5.02 Å². The molecule has 7 nitrogen and oxygen atoms in total. The second kappa shape index (κ2) is 11.4. The molecule has 0 aliphatic heterocycles. The molecule has 0 unspecified atom stereocenters. The van der Waals surface area contributed by atoms with Crippen LogP contribution < -0.4 is 15.4 Å². The van der Waals surface area contributed by atoms with E-state index < -0.39 is 42.5 Å². The Hall–Kier alpha value is -3.01. The predicted molar refractivity (Wildman–Crippen MR) is 121 cm³/mol. The first-order chi connectivity index (χ1) is 15.7. The average Bonchev–Trinajstić information content (AvgIpc) is 2.71. The number of benzene rings is 1. The summed E-state index contributed by atoms with van der Waals surface area (Å²) in [4.78, 5) is 29.4. The zero-order valence-electron chi connectivity index (χ0n) is 19.2. The molecule has 2 amide bonds. The standard InChI is InChI=1S/C23H27ClF3N3O4/c1-14(18-10-9-17(12-28-18)33-13-23(25,26)27)29-20(31)19(30-21(32)34-22(2,3)4)11-15-5-7-16(24)8-6-15/h5-10,12,14,19H,11,13H2,1-4H3,(H,29,31)(H,30,32)/t14-,19-/m1/s1. The van der Waals surface area contributed by atoms with Crippen LogP contribution in [0.5, 0.6) is 5.75 Å². The highest BCUT2D eigenvalue weighted by Gasteiger charge is 2.29. The number of aromatic nitrogens is 1. The van der Waals surface area contributed by atoms with Gasteiger partial charge in [0.15, 0.2) is 6.61 Å². The van der Waals surface area contributed by atoms with Gasteiger partial charge in [0.05, 0.1) is 17.9 Å². The lowest BCUT2D eigenvalue weighted by Gasteiger charge is -2.24. The minimum atomic E-state index is -4.46. The number of amides is 2. The summed E-state index contributed by atoms with van der Waals surface area (Å²) < 4.78 is 46.8. The molecule has 2 N–H and O–H groups in total. The normalized spacial score (nSPS) is 13.5. The molecule has 0 saturated heterocycles. The van der Waals surface area contributed by atoms with Gasteiger partial charge in [0.2, 0.25) is 5.91 Å². The predicted octanol–water partition coefficient (Wildman–Crippen LogP) is 4.99. The molecule has 1 aromatic heterocycles. The van der Waals surface area contributed by atoms with Gasteiger partial charge in [-0.1, -0.05) is 23.7 Å². The van der Waals surface area contributed by atoms with Gasteiger partial charge in [-0.25, -0.2) is 4.79 Å². The van der Waals surface area contributed by atoms with E-state index in [1.165, 1.54) is 12.1 Å². The lowest BCUT2D eigenvalue weighted by atomic mass is 10.0. The fraction of sp³-hybridized carbons (Fsp3) is 0.435. The maximum Gasteiger partial charge on any atom is 0.422 e. The molecule has 0 saturated carbocycles. The first-order valence-electron chi connectivity index (χ1n) is 10.4. The Kier molecular flexibility index (Phi) is 9.14. The van der Waals surface area contributed by atoms with Gasteiger partial charge in [0, 0.05) is 11.4 Å². The van der Waals surface area contributed by atoms with Gasteiger partial charge in [-0.2, -0.15) is 13.2 Å². The number of carbonyl (C=O) groups excluding carboxylic acids is 2. The fourth-order valence-electron chi connectivity index (χ4n) is 2.80. The Balaban J connectivity index is 2.08. The molecule has 0 aliphatic rings. The summed E-state index contributed by atoms with van der Waals surface area (Å²) in [7, 11) is 0. The van der Waals surface area contributed by atoms with Crippen LogP contribution in [0.3, 0.4) is 0 Å². The van der Waals surface area contributed by atoms with Crippen molar-refractivity contribution < 1.29 is 32.2 Å². The summed E-state index contributed by atoms with van der Waals surface area (Å²) >= 11 is 5.92. The van der Waals surface area contributed by atoms with Crippen molar-refractivity contribution in [1.29, 1.82) is 0 Å². The van der Waals surface area contributed by atoms with Gasteiger partial charge in [-0.3, -0.25) is 9.78 Å². The van der Waals surface area contributed by atoms with Crippen molar-refractivity contribution >= 4 is 23.6 Å². The third-order valence-corrected chi connectivity index (χ3v) is 4.58. The minimum absolute atomic E-state index is 0.0493. The number of alkyl carbamates (subject to hydrolysis) is 1. The molecule has 2 aromatic rings. The molecule has 0 fully saturated rings. The molecular weight excluding hydrogens is 475 g/mol. The zero-order chi connectivity index (χ0) is 25.5. The molecule has 11 heteroatoms. The summed E-state index contributed by atoms with van der Waals surface area (Å²) in [6.07, 6.45) is -3.89. The van der Waals surface area contributed by atoms with E-state index in [0.717, 1.165) is 11.8 Å². The van der Waals surface area contributed by atoms with Crippen molar-refractivity contribution in [3.63, 3.8) is 0 Å². The fourth-order valence-corrected chi connectivity index (χ4v) is 2.93. The van der Waals surface area contributed by atoms with Gasteiger partial charge in [0.25, 0.3) is 0 Å². The lowest BCUT2D eigenvalue weighted by molar-refractivity contribution is -0.153. The number of nitrogens with zero attached hydrogens (tertiary/aromatic N) is 1. The molecule has 34 heavy (non-hydrogen) atoms. The summed E-state index contributed by atoms with van der Waals surface area (Å²) in [5.41, 5.74) is 0.409. The summed E-state index contributed by atoms with van der Waals surface area (Å²) in [6, 6.07) is 8.05. The van der Waals surface area contributed by atoms with Crippen LogP contribution >= 0.6 is 11.6 Å². The van der Waals surface area contributed by atoms with E-state index in [4.69, 9.17) is 16.3 Å². The molecule has 0 radical (unpaired) electrons. The highest BCUT2D eigenvalue weighted by Crippen LogP contribution is 2.20. The highest BCUT2D eigenvalue weighted by atomic mass is 35.5. The molecule has 1 aromatic carbocycles. The minimum Gasteiger partial charge on any atom is -0.483 e. The van der Waals surface area contributed by atoms with Crippen molar-refractivity contribution in [2.24, 2.45) is 0 Å². The first-order valence-corrected chi connectivity index (χ1v) is 10.8. The van der Waals surface area contributed by atoms with E-state index in [0.29, 0.717) is 10.7 Å². The van der Waals surface area contributed by atoms with Crippen LogP contribution in [0.1, 0.15) is 45.0 Å².